The van der Waals surface area contributed by atoms with Crippen LogP contribution in [-0.2, 0) is 19.4 Å². The molecule has 0 aliphatic carbocycles. The SMILES string of the molecule is CC(CNC(=O)CCS(C)(=O)=O)CC(=O)O. The van der Waals surface area contributed by atoms with E-state index in [2.05, 4.69) is 5.32 Å². The number of rotatable bonds is 7. The second kappa shape index (κ2) is 6.47. The Bertz CT molecular complexity index is 349. The van der Waals surface area contributed by atoms with E-state index in [4.69, 9.17) is 5.11 Å². The first-order valence-corrected chi connectivity index (χ1v) is 6.93. The molecule has 1 atom stereocenters. The van der Waals surface area contributed by atoms with E-state index in [1.807, 2.05) is 0 Å². The van der Waals surface area contributed by atoms with Crippen LogP contribution in [0.3, 0.4) is 0 Å². The van der Waals surface area contributed by atoms with E-state index < -0.39 is 15.8 Å². The second-order valence-electron chi connectivity index (χ2n) is 3.89. The predicted octanol–water partition coefficient (Wildman–Crippen LogP) is -0.352. The van der Waals surface area contributed by atoms with Gasteiger partial charge in [0.25, 0.3) is 0 Å². The Morgan fingerprint density at radius 1 is 1.38 bits per heavy atom. The molecule has 1 amide bonds. The van der Waals surface area contributed by atoms with Crippen molar-refractivity contribution >= 4 is 21.7 Å². The lowest BCUT2D eigenvalue weighted by molar-refractivity contribution is -0.138. The van der Waals surface area contributed by atoms with Gasteiger partial charge in [0.1, 0.15) is 9.84 Å². The van der Waals surface area contributed by atoms with Crippen molar-refractivity contribution in [3.05, 3.63) is 0 Å². The number of sulfone groups is 1. The molecule has 6 nitrogen and oxygen atoms in total. The molecule has 0 aliphatic rings. The first-order chi connectivity index (χ1) is 7.20. The van der Waals surface area contributed by atoms with Gasteiger partial charge in [0.2, 0.25) is 5.91 Å². The molecule has 0 heterocycles. The molecule has 0 bridgehead atoms. The van der Waals surface area contributed by atoms with Gasteiger partial charge in [-0.1, -0.05) is 6.92 Å². The number of aliphatic carboxylic acids is 1. The average Bonchev–Trinajstić information content (AvgIpc) is 2.09. The van der Waals surface area contributed by atoms with Gasteiger partial charge >= 0.3 is 5.97 Å². The van der Waals surface area contributed by atoms with Crippen molar-refractivity contribution in [2.24, 2.45) is 5.92 Å². The van der Waals surface area contributed by atoms with Crippen LogP contribution in [-0.4, -0.2) is 44.0 Å². The maximum absolute atomic E-state index is 11.2. The number of amides is 1. The van der Waals surface area contributed by atoms with E-state index in [1.165, 1.54) is 0 Å². The molecule has 0 rings (SSSR count). The van der Waals surface area contributed by atoms with E-state index in [0.717, 1.165) is 6.26 Å². The Kier molecular flexibility index (Phi) is 6.02. The maximum atomic E-state index is 11.2. The minimum atomic E-state index is -3.13. The lowest BCUT2D eigenvalue weighted by atomic mass is 10.1. The average molecular weight is 251 g/mol. The van der Waals surface area contributed by atoms with Crippen LogP contribution in [0.15, 0.2) is 0 Å². The molecule has 0 saturated carbocycles. The summed E-state index contributed by atoms with van der Waals surface area (Å²) in [5.74, 6) is -1.65. The monoisotopic (exact) mass is 251 g/mol. The number of carbonyl (C=O) groups excluding carboxylic acids is 1. The molecule has 16 heavy (non-hydrogen) atoms. The Labute approximate surface area is 95.0 Å². The van der Waals surface area contributed by atoms with Crippen LogP contribution in [0.4, 0.5) is 0 Å². The Balaban J connectivity index is 3.77. The summed E-state index contributed by atoms with van der Waals surface area (Å²) in [5, 5.41) is 11.0. The number of carboxylic acids is 1. The van der Waals surface area contributed by atoms with Crippen molar-refractivity contribution in [3.63, 3.8) is 0 Å². The molecular weight excluding hydrogens is 234 g/mol. The lowest BCUT2D eigenvalue weighted by Crippen LogP contribution is -2.30. The molecule has 7 heteroatoms. The first kappa shape index (κ1) is 14.9. The van der Waals surface area contributed by atoms with E-state index in [0.29, 0.717) is 0 Å². The highest BCUT2D eigenvalue weighted by molar-refractivity contribution is 7.90. The van der Waals surface area contributed by atoms with Crippen molar-refractivity contribution in [2.45, 2.75) is 19.8 Å². The summed E-state index contributed by atoms with van der Waals surface area (Å²) < 4.78 is 21.5. The van der Waals surface area contributed by atoms with Crippen LogP contribution in [0, 0.1) is 5.92 Å². The summed E-state index contributed by atoms with van der Waals surface area (Å²) in [7, 11) is -3.13. The van der Waals surface area contributed by atoms with Gasteiger partial charge < -0.3 is 10.4 Å². The normalized spacial score (nSPS) is 13.1. The van der Waals surface area contributed by atoms with Crippen molar-refractivity contribution < 1.29 is 23.1 Å². The molecule has 0 radical (unpaired) electrons. The minimum absolute atomic E-state index is 0.0215. The molecule has 2 N–H and O–H groups in total. The van der Waals surface area contributed by atoms with Crippen molar-refractivity contribution in [3.8, 4) is 0 Å². The first-order valence-electron chi connectivity index (χ1n) is 4.87. The highest BCUT2D eigenvalue weighted by Gasteiger charge is 2.11. The number of hydrogen-bond donors (Lipinski definition) is 2. The summed E-state index contributed by atoms with van der Waals surface area (Å²) in [6.45, 7) is 1.94. The minimum Gasteiger partial charge on any atom is -0.481 e. The summed E-state index contributed by atoms with van der Waals surface area (Å²) in [5.41, 5.74) is 0. The van der Waals surface area contributed by atoms with Gasteiger partial charge in [0.05, 0.1) is 5.75 Å². The smallest absolute Gasteiger partial charge is 0.303 e. The van der Waals surface area contributed by atoms with Crippen LogP contribution >= 0.6 is 0 Å². The van der Waals surface area contributed by atoms with Crippen LogP contribution in [0.1, 0.15) is 19.8 Å². The lowest BCUT2D eigenvalue weighted by Gasteiger charge is -2.09. The van der Waals surface area contributed by atoms with E-state index in [-0.39, 0.29) is 37.0 Å². The molecule has 0 spiro atoms. The number of carbonyl (C=O) groups is 2. The number of carboxylic acid groups (broad SMARTS) is 1. The van der Waals surface area contributed by atoms with Gasteiger partial charge in [-0.3, -0.25) is 9.59 Å². The zero-order valence-corrected chi connectivity index (χ0v) is 10.2. The Hall–Kier alpha value is -1.11. The fourth-order valence-electron chi connectivity index (χ4n) is 1.02. The maximum Gasteiger partial charge on any atom is 0.303 e. The molecule has 0 aromatic heterocycles. The summed E-state index contributed by atoms with van der Waals surface area (Å²) in [6.07, 6.45) is 0.957. The molecule has 1 unspecified atom stereocenters. The van der Waals surface area contributed by atoms with E-state index >= 15 is 0 Å². The third kappa shape index (κ3) is 9.45. The van der Waals surface area contributed by atoms with Gasteiger partial charge in [-0.05, 0) is 5.92 Å². The van der Waals surface area contributed by atoms with Crippen LogP contribution in [0.2, 0.25) is 0 Å². The zero-order valence-electron chi connectivity index (χ0n) is 9.39. The standard InChI is InChI=1S/C9H17NO5S/c1-7(5-9(12)13)6-10-8(11)3-4-16(2,14)15/h7H,3-6H2,1-2H3,(H,10,11)(H,12,13). The largest absolute Gasteiger partial charge is 0.481 e. The molecular formula is C9H17NO5S. The molecule has 94 valence electrons. The van der Waals surface area contributed by atoms with Gasteiger partial charge in [-0.2, -0.15) is 0 Å². The van der Waals surface area contributed by atoms with Crippen molar-refractivity contribution in [2.75, 3.05) is 18.6 Å². The highest BCUT2D eigenvalue weighted by atomic mass is 32.2. The number of hydrogen-bond acceptors (Lipinski definition) is 4. The molecule has 0 saturated heterocycles. The van der Waals surface area contributed by atoms with Gasteiger partial charge in [-0.25, -0.2) is 8.42 Å². The summed E-state index contributed by atoms with van der Waals surface area (Å²) in [4.78, 5) is 21.5. The Morgan fingerprint density at radius 2 is 1.94 bits per heavy atom. The topological polar surface area (TPSA) is 101 Å². The van der Waals surface area contributed by atoms with Crippen molar-refractivity contribution in [1.82, 2.24) is 5.32 Å². The van der Waals surface area contributed by atoms with Crippen LogP contribution < -0.4 is 5.32 Å². The fraction of sp³-hybridized carbons (Fsp3) is 0.778. The third-order valence-electron chi connectivity index (χ3n) is 1.87. The quantitative estimate of drug-likeness (QED) is 0.644. The van der Waals surface area contributed by atoms with Gasteiger partial charge in [0.15, 0.2) is 0 Å². The van der Waals surface area contributed by atoms with Crippen LogP contribution in [0.5, 0.6) is 0 Å². The van der Waals surface area contributed by atoms with Crippen molar-refractivity contribution in [1.29, 1.82) is 0 Å². The van der Waals surface area contributed by atoms with Gasteiger partial charge in [0, 0.05) is 25.6 Å². The highest BCUT2D eigenvalue weighted by Crippen LogP contribution is 1.99. The molecule has 0 aromatic rings. The molecule has 0 fully saturated rings. The predicted molar refractivity (Wildman–Crippen MR) is 58.8 cm³/mol. The summed E-state index contributed by atoms with van der Waals surface area (Å²) in [6, 6.07) is 0. The zero-order chi connectivity index (χ0) is 12.8. The molecule has 0 aliphatic heterocycles. The summed E-state index contributed by atoms with van der Waals surface area (Å²) >= 11 is 0. The Morgan fingerprint density at radius 3 is 2.38 bits per heavy atom. The van der Waals surface area contributed by atoms with E-state index in [1.54, 1.807) is 6.92 Å². The van der Waals surface area contributed by atoms with Gasteiger partial charge in [-0.15, -0.1) is 0 Å². The fourth-order valence-corrected chi connectivity index (χ4v) is 1.58. The number of nitrogens with one attached hydrogen (secondary N) is 1. The third-order valence-corrected chi connectivity index (χ3v) is 2.82. The van der Waals surface area contributed by atoms with E-state index in [9.17, 15) is 18.0 Å². The van der Waals surface area contributed by atoms with Crippen LogP contribution in [0.25, 0.3) is 0 Å². The second-order valence-corrected chi connectivity index (χ2v) is 6.15. The molecule has 0 aromatic carbocycles.